The van der Waals surface area contributed by atoms with E-state index in [1.54, 1.807) is 0 Å². The summed E-state index contributed by atoms with van der Waals surface area (Å²) < 4.78 is 5.50. The third-order valence-corrected chi connectivity index (χ3v) is 11.9. The number of hydrogen-bond acceptors (Lipinski definition) is 2. The Hall–Kier alpha value is -0.0700. The Morgan fingerprint density at radius 1 is 0.606 bits per heavy atom. The second-order valence-electron chi connectivity index (χ2n) is 9.91. The molecule has 2 nitrogen and oxygen atoms in total. The van der Waals surface area contributed by atoms with Crippen molar-refractivity contribution in [2.24, 2.45) is 0 Å². The SMILES string of the molecule is C=CC(=O)OCC[P+](CCCCCCCC)(CCCCCCCC)CCCCCCCC.[Cl-]. The normalized spacial score (nSPS) is 11.2. The number of unbranched alkanes of at least 4 members (excludes halogenated alkanes) is 15. The second kappa shape index (κ2) is 26.5. The molecule has 0 aliphatic rings. The van der Waals surface area contributed by atoms with Gasteiger partial charge in [0.2, 0.25) is 0 Å². The zero-order valence-corrected chi connectivity index (χ0v) is 24.3. The summed E-state index contributed by atoms with van der Waals surface area (Å²) in [5.41, 5.74) is 0. The first-order valence-electron chi connectivity index (χ1n) is 14.3. The number of rotatable bonds is 25. The van der Waals surface area contributed by atoms with Gasteiger partial charge in [0.05, 0.1) is 24.6 Å². The quantitative estimate of drug-likeness (QED) is 0.0590. The van der Waals surface area contributed by atoms with Gasteiger partial charge >= 0.3 is 5.97 Å². The van der Waals surface area contributed by atoms with E-state index in [-0.39, 0.29) is 18.4 Å². The third-order valence-electron chi connectivity index (χ3n) is 6.93. The minimum atomic E-state index is -1.04. The highest BCUT2D eigenvalue weighted by Crippen LogP contribution is 2.60. The molecule has 0 N–H and O–H groups in total. The highest BCUT2D eigenvalue weighted by molar-refractivity contribution is 7.75. The molecule has 0 saturated heterocycles. The monoisotopic (exact) mass is 504 g/mol. The summed E-state index contributed by atoms with van der Waals surface area (Å²) in [6.07, 6.45) is 31.6. The Morgan fingerprint density at radius 3 is 1.27 bits per heavy atom. The Balaban J connectivity index is 0. The lowest BCUT2D eigenvalue weighted by Crippen LogP contribution is -3.00. The van der Waals surface area contributed by atoms with E-state index in [2.05, 4.69) is 27.4 Å². The van der Waals surface area contributed by atoms with Gasteiger partial charge in [-0.3, -0.25) is 0 Å². The van der Waals surface area contributed by atoms with Crippen molar-refractivity contribution < 1.29 is 21.9 Å². The zero-order valence-electron chi connectivity index (χ0n) is 22.7. The lowest BCUT2D eigenvalue weighted by atomic mass is 10.1. The maximum atomic E-state index is 11.7. The average Bonchev–Trinajstić information content (AvgIpc) is 2.80. The molecule has 0 rings (SSSR count). The van der Waals surface area contributed by atoms with E-state index >= 15 is 0 Å². The maximum absolute atomic E-state index is 11.7. The van der Waals surface area contributed by atoms with Gasteiger partial charge in [-0.25, -0.2) is 4.79 Å². The fourth-order valence-corrected chi connectivity index (χ4v) is 9.26. The van der Waals surface area contributed by atoms with Crippen LogP contribution in [0, 0.1) is 0 Å². The Bertz CT molecular complexity index is 387. The number of carbonyl (C=O) groups is 1. The predicted molar refractivity (Wildman–Crippen MR) is 148 cm³/mol. The average molecular weight is 505 g/mol. The van der Waals surface area contributed by atoms with E-state index < -0.39 is 7.26 Å². The molecule has 0 amide bonds. The van der Waals surface area contributed by atoms with Crippen LogP contribution in [0.1, 0.15) is 136 Å². The Labute approximate surface area is 215 Å². The van der Waals surface area contributed by atoms with Gasteiger partial charge in [0.25, 0.3) is 0 Å². The van der Waals surface area contributed by atoms with Gasteiger partial charge < -0.3 is 17.1 Å². The highest BCUT2D eigenvalue weighted by atomic mass is 35.5. The van der Waals surface area contributed by atoms with Gasteiger partial charge in [-0.15, -0.1) is 0 Å². The van der Waals surface area contributed by atoms with Crippen LogP contribution in [0.5, 0.6) is 0 Å². The highest BCUT2D eigenvalue weighted by Gasteiger charge is 2.35. The van der Waals surface area contributed by atoms with E-state index in [1.165, 1.54) is 140 Å². The van der Waals surface area contributed by atoms with Crippen LogP contribution in [0.2, 0.25) is 0 Å². The summed E-state index contributed by atoms with van der Waals surface area (Å²) in [6.45, 7) is 11.1. The molecule has 4 heteroatoms. The molecule has 33 heavy (non-hydrogen) atoms. The largest absolute Gasteiger partial charge is 1.00 e. The standard InChI is InChI=1S/C29H58O2P.ClH/c1-5-9-12-15-18-21-25-32(28-24-31-29(30)8-4,26-22-19-16-13-10-6-2)27-23-20-17-14-11-7-3;/h8H,4-7,9-28H2,1-3H3;1H/q+1;/p-1. The van der Waals surface area contributed by atoms with Crippen molar-refractivity contribution in [2.75, 3.05) is 31.3 Å². The number of esters is 1. The molecule has 0 bridgehead atoms. The molecule has 0 unspecified atom stereocenters. The fourth-order valence-electron chi connectivity index (χ4n) is 4.75. The molecule has 198 valence electrons. The van der Waals surface area contributed by atoms with Crippen LogP contribution in [0.15, 0.2) is 12.7 Å². The van der Waals surface area contributed by atoms with Gasteiger partial charge in [0, 0.05) is 13.3 Å². The van der Waals surface area contributed by atoms with Gasteiger partial charge in [0.15, 0.2) is 0 Å². The smallest absolute Gasteiger partial charge is 0.330 e. The predicted octanol–water partition coefficient (Wildman–Crippen LogP) is 6.82. The molecule has 0 aliphatic heterocycles. The van der Waals surface area contributed by atoms with E-state index in [9.17, 15) is 4.79 Å². The molecule has 0 atom stereocenters. The van der Waals surface area contributed by atoms with Gasteiger partial charge in [-0.05, 0) is 38.5 Å². The van der Waals surface area contributed by atoms with Gasteiger partial charge in [-0.2, -0.15) is 0 Å². The van der Waals surface area contributed by atoms with Crippen LogP contribution in [-0.4, -0.2) is 37.2 Å². The van der Waals surface area contributed by atoms with Crippen LogP contribution >= 0.6 is 7.26 Å². The molecule has 0 fully saturated rings. The molecule has 0 heterocycles. The summed E-state index contributed by atoms with van der Waals surface area (Å²) in [5, 5.41) is 0. The van der Waals surface area contributed by atoms with Crippen LogP contribution in [0.3, 0.4) is 0 Å². The van der Waals surface area contributed by atoms with Crippen LogP contribution < -0.4 is 12.4 Å². The third kappa shape index (κ3) is 22.2. The second-order valence-corrected chi connectivity index (χ2v) is 14.4. The molecule has 0 spiro atoms. The number of halogens is 1. The van der Waals surface area contributed by atoms with Gasteiger partial charge in [-0.1, -0.05) is 104 Å². The van der Waals surface area contributed by atoms with Gasteiger partial charge in [0.1, 0.15) is 6.61 Å². The van der Waals surface area contributed by atoms with Crippen LogP contribution in [-0.2, 0) is 9.53 Å². The lowest BCUT2D eigenvalue weighted by molar-refractivity contribution is -0.137. The number of hydrogen-bond donors (Lipinski definition) is 0. The molecule has 0 aliphatic carbocycles. The minimum absolute atomic E-state index is 0. The first-order chi connectivity index (χ1) is 15.6. The summed E-state index contributed by atoms with van der Waals surface area (Å²) >= 11 is 0. The van der Waals surface area contributed by atoms with E-state index in [1.807, 2.05) is 0 Å². The topological polar surface area (TPSA) is 26.3 Å². The van der Waals surface area contributed by atoms with E-state index in [4.69, 9.17) is 4.74 Å². The number of ether oxygens (including phenoxy) is 1. The Morgan fingerprint density at radius 2 is 0.939 bits per heavy atom. The van der Waals surface area contributed by atoms with E-state index in [0.717, 1.165) is 6.16 Å². The molecule has 0 aromatic rings. The Kier molecular flexibility index (Phi) is 28.2. The molecular formula is C29H58ClO2P. The van der Waals surface area contributed by atoms with Crippen molar-refractivity contribution in [1.82, 2.24) is 0 Å². The van der Waals surface area contributed by atoms with E-state index in [0.29, 0.717) is 6.61 Å². The molecule has 0 radical (unpaired) electrons. The summed E-state index contributed by atoms with van der Waals surface area (Å²) in [5.74, 6) is -0.248. The molecular weight excluding hydrogens is 447 g/mol. The molecule has 0 saturated carbocycles. The van der Waals surface area contributed by atoms with Crippen LogP contribution in [0.25, 0.3) is 0 Å². The lowest BCUT2D eigenvalue weighted by Gasteiger charge is -2.28. The molecule has 0 aromatic carbocycles. The summed E-state index contributed by atoms with van der Waals surface area (Å²) in [6, 6.07) is 0. The van der Waals surface area contributed by atoms with Crippen molar-refractivity contribution in [3.8, 4) is 0 Å². The molecule has 0 aromatic heterocycles. The maximum Gasteiger partial charge on any atom is 0.330 e. The fraction of sp³-hybridized carbons (Fsp3) is 0.897. The number of carbonyl (C=O) groups excluding carboxylic acids is 1. The van der Waals surface area contributed by atoms with Crippen molar-refractivity contribution in [2.45, 2.75) is 136 Å². The summed E-state index contributed by atoms with van der Waals surface area (Å²) in [7, 11) is -1.04. The summed E-state index contributed by atoms with van der Waals surface area (Å²) in [4.78, 5) is 11.7. The van der Waals surface area contributed by atoms with Crippen molar-refractivity contribution in [1.29, 1.82) is 0 Å². The minimum Gasteiger partial charge on any atom is -1.00 e. The first kappa shape index (κ1) is 35.1. The van der Waals surface area contributed by atoms with Crippen molar-refractivity contribution in [3.05, 3.63) is 12.7 Å². The first-order valence-corrected chi connectivity index (χ1v) is 16.8. The zero-order chi connectivity index (χ0) is 23.8. The van der Waals surface area contributed by atoms with Crippen LogP contribution in [0.4, 0.5) is 0 Å². The van der Waals surface area contributed by atoms with Crippen molar-refractivity contribution >= 4 is 13.2 Å². The van der Waals surface area contributed by atoms with Crippen molar-refractivity contribution in [3.63, 3.8) is 0 Å².